The van der Waals surface area contributed by atoms with Crippen LogP contribution in [0.15, 0.2) is 16.7 Å². The van der Waals surface area contributed by atoms with Crippen molar-refractivity contribution in [2.75, 3.05) is 13.1 Å². The van der Waals surface area contributed by atoms with Gasteiger partial charge in [-0.3, -0.25) is 4.79 Å². The zero-order valence-electron chi connectivity index (χ0n) is 9.48. The summed E-state index contributed by atoms with van der Waals surface area (Å²) in [4.78, 5) is 13.9. The van der Waals surface area contributed by atoms with Gasteiger partial charge in [0.05, 0.1) is 17.9 Å². The molecule has 0 atom stereocenters. The molecule has 0 spiro atoms. The number of aliphatic hydroxyl groups is 1. The lowest BCUT2D eigenvalue weighted by molar-refractivity contribution is 0.0545. The lowest BCUT2D eigenvalue weighted by Crippen LogP contribution is -2.40. The first-order chi connectivity index (χ1) is 7.72. The Balaban J connectivity index is 2.07. The second-order valence-electron chi connectivity index (χ2n) is 4.13. The van der Waals surface area contributed by atoms with Crippen LogP contribution >= 0.6 is 0 Å². The predicted molar refractivity (Wildman–Crippen MR) is 59.2 cm³/mol. The molecule has 4 nitrogen and oxygen atoms in total. The molecule has 0 unspecified atom stereocenters. The molecule has 1 aliphatic heterocycles. The number of amides is 1. The number of furan rings is 1. The first kappa shape index (κ1) is 11.2. The van der Waals surface area contributed by atoms with E-state index < -0.39 is 0 Å². The van der Waals surface area contributed by atoms with Gasteiger partial charge < -0.3 is 14.4 Å². The van der Waals surface area contributed by atoms with Gasteiger partial charge in [-0.05, 0) is 18.9 Å². The number of aryl methyl sites for hydroxylation is 1. The molecule has 1 aromatic heterocycles. The van der Waals surface area contributed by atoms with E-state index in [0.717, 1.165) is 12.2 Å². The van der Waals surface area contributed by atoms with Gasteiger partial charge in [0, 0.05) is 19.5 Å². The van der Waals surface area contributed by atoms with E-state index in [1.54, 1.807) is 17.2 Å². The highest BCUT2D eigenvalue weighted by Gasteiger charge is 2.24. The minimum atomic E-state index is -0.251. The predicted octanol–water partition coefficient (Wildman–Crippen LogP) is 1.44. The third-order valence-electron chi connectivity index (χ3n) is 3.05. The van der Waals surface area contributed by atoms with Gasteiger partial charge >= 0.3 is 0 Å². The second-order valence-corrected chi connectivity index (χ2v) is 4.13. The van der Waals surface area contributed by atoms with Gasteiger partial charge in [0.15, 0.2) is 0 Å². The molecule has 1 N–H and O–H groups in total. The Kier molecular flexibility index (Phi) is 3.29. The summed E-state index contributed by atoms with van der Waals surface area (Å²) in [7, 11) is 0. The second kappa shape index (κ2) is 4.70. The number of rotatable bonds is 2. The number of carbonyl (C=O) groups is 1. The topological polar surface area (TPSA) is 53.7 Å². The van der Waals surface area contributed by atoms with Crippen molar-refractivity contribution < 1.29 is 14.3 Å². The SMILES string of the molecule is CCc1occc1C(=O)N1CCC(O)CC1. The van der Waals surface area contributed by atoms with Crippen LogP contribution in [0, 0.1) is 0 Å². The number of nitrogens with zero attached hydrogens (tertiary/aromatic N) is 1. The molecule has 1 saturated heterocycles. The molecule has 1 aromatic rings. The van der Waals surface area contributed by atoms with Crippen molar-refractivity contribution in [2.45, 2.75) is 32.3 Å². The number of hydrogen-bond donors (Lipinski definition) is 1. The standard InChI is InChI=1S/C12H17NO3/c1-2-11-10(5-8-16-11)12(15)13-6-3-9(14)4-7-13/h5,8-9,14H,2-4,6-7H2,1H3. The molecule has 0 bridgehead atoms. The van der Waals surface area contributed by atoms with Crippen LogP contribution < -0.4 is 0 Å². The summed E-state index contributed by atoms with van der Waals surface area (Å²) in [6, 6.07) is 1.73. The Morgan fingerprint density at radius 3 is 2.88 bits per heavy atom. The van der Waals surface area contributed by atoms with Gasteiger partial charge in [0.1, 0.15) is 5.76 Å². The number of piperidine rings is 1. The van der Waals surface area contributed by atoms with Crippen LogP contribution in [-0.4, -0.2) is 35.1 Å². The summed E-state index contributed by atoms with van der Waals surface area (Å²) in [5.41, 5.74) is 0.666. The number of hydrogen-bond acceptors (Lipinski definition) is 3. The van der Waals surface area contributed by atoms with E-state index in [2.05, 4.69) is 0 Å². The third kappa shape index (κ3) is 2.11. The normalized spacial score (nSPS) is 17.8. The van der Waals surface area contributed by atoms with Crippen LogP contribution in [0.1, 0.15) is 35.9 Å². The van der Waals surface area contributed by atoms with Gasteiger partial charge in [-0.25, -0.2) is 0 Å². The van der Waals surface area contributed by atoms with Crippen LogP contribution in [-0.2, 0) is 6.42 Å². The highest BCUT2D eigenvalue weighted by atomic mass is 16.3. The number of aliphatic hydroxyl groups excluding tert-OH is 1. The molecular weight excluding hydrogens is 206 g/mol. The fourth-order valence-corrected chi connectivity index (χ4v) is 2.04. The van der Waals surface area contributed by atoms with Crippen molar-refractivity contribution >= 4 is 5.91 Å². The van der Waals surface area contributed by atoms with Crippen LogP contribution in [0.2, 0.25) is 0 Å². The fraction of sp³-hybridized carbons (Fsp3) is 0.583. The van der Waals surface area contributed by atoms with E-state index in [9.17, 15) is 9.90 Å². The van der Waals surface area contributed by atoms with E-state index >= 15 is 0 Å². The maximum absolute atomic E-state index is 12.1. The molecule has 1 aliphatic rings. The quantitative estimate of drug-likeness (QED) is 0.825. The maximum Gasteiger partial charge on any atom is 0.257 e. The summed E-state index contributed by atoms with van der Waals surface area (Å²) < 4.78 is 5.25. The lowest BCUT2D eigenvalue weighted by Gasteiger charge is -2.29. The third-order valence-corrected chi connectivity index (χ3v) is 3.05. The molecule has 0 radical (unpaired) electrons. The van der Waals surface area contributed by atoms with Gasteiger partial charge in [-0.2, -0.15) is 0 Å². The average molecular weight is 223 g/mol. The Hall–Kier alpha value is -1.29. The Labute approximate surface area is 94.9 Å². The highest BCUT2D eigenvalue weighted by molar-refractivity contribution is 5.95. The van der Waals surface area contributed by atoms with Crippen molar-refractivity contribution in [3.05, 3.63) is 23.7 Å². The van der Waals surface area contributed by atoms with Crippen LogP contribution in [0.3, 0.4) is 0 Å². The molecule has 2 heterocycles. The molecular formula is C12H17NO3. The summed E-state index contributed by atoms with van der Waals surface area (Å²) in [6.07, 6.45) is 3.38. The molecule has 1 fully saturated rings. The monoisotopic (exact) mass is 223 g/mol. The molecule has 0 aliphatic carbocycles. The highest BCUT2D eigenvalue weighted by Crippen LogP contribution is 2.17. The first-order valence-corrected chi connectivity index (χ1v) is 5.76. The first-order valence-electron chi connectivity index (χ1n) is 5.76. The van der Waals surface area contributed by atoms with Crippen LogP contribution in [0.25, 0.3) is 0 Å². The minimum Gasteiger partial charge on any atom is -0.469 e. The smallest absolute Gasteiger partial charge is 0.257 e. The van der Waals surface area contributed by atoms with E-state index in [1.165, 1.54) is 0 Å². The Morgan fingerprint density at radius 1 is 1.56 bits per heavy atom. The average Bonchev–Trinajstić information content (AvgIpc) is 2.77. The van der Waals surface area contributed by atoms with E-state index in [4.69, 9.17) is 4.42 Å². The molecule has 0 saturated carbocycles. The molecule has 4 heteroatoms. The van der Waals surface area contributed by atoms with Crippen molar-refractivity contribution in [1.29, 1.82) is 0 Å². The van der Waals surface area contributed by atoms with Gasteiger partial charge in [-0.15, -0.1) is 0 Å². The Morgan fingerprint density at radius 2 is 2.25 bits per heavy atom. The molecule has 16 heavy (non-hydrogen) atoms. The number of likely N-dealkylation sites (tertiary alicyclic amines) is 1. The van der Waals surface area contributed by atoms with Crippen LogP contribution in [0.5, 0.6) is 0 Å². The summed E-state index contributed by atoms with van der Waals surface area (Å²) in [5.74, 6) is 0.772. The molecule has 0 aromatic carbocycles. The van der Waals surface area contributed by atoms with E-state index in [0.29, 0.717) is 31.5 Å². The lowest BCUT2D eigenvalue weighted by atomic mass is 10.1. The van der Waals surface area contributed by atoms with Crippen molar-refractivity contribution in [3.8, 4) is 0 Å². The number of carbonyl (C=O) groups excluding carboxylic acids is 1. The Bertz CT molecular complexity index is 364. The molecule has 1 amide bonds. The van der Waals surface area contributed by atoms with Crippen molar-refractivity contribution in [1.82, 2.24) is 4.90 Å². The fourth-order valence-electron chi connectivity index (χ4n) is 2.04. The van der Waals surface area contributed by atoms with Crippen molar-refractivity contribution in [2.24, 2.45) is 0 Å². The van der Waals surface area contributed by atoms with E-state index in [-0.39, 0.29) is 12.0 Å². The molecule has 2 rings (SSSR count). The molecule has 88 valence electrons. The van der Waals surface area contributed by atoms with Gasteiger partial charge in [-0.1, -0.05) is 6.92 Å². The van der Waals surface area contributed by atoms with Gasteiger partial charge in [0.25, 0.3) is 5.91 Å². The zero-order valence-corrected chi connectivity index (χ0v) is 9.48. The summed E-state index contributed by atoms with van der Waals surface area (Å²) in [6.45, 7) is 3.23. The summed E-state index contributed by atoms with van der Waals surface area (Å²) >= 11 is 0. The summed E-state index contributed by atoms with van der Waals surface area (Å²) in [5, 5.41) is 9.38. The van der Waals surface area contributed by atoms with E-state index in [1.807, 2.05) is 6.92 Å². The zero-order chi connectivity index (χ0) is 11.5. The van der Waals surface area contributed by atoms with Crippen LogP contribution in [0.4, 0.5) is 0 Å². The van der Waals surface area contributed by atoms with Crippen molar-refractivity contribution in [3.63, 3.8) is 0 Å². The minimum absolute atomic E-state index is 0.0255. The largest absolute Gasteiger partial charge is 0.469 e. The maximum atomic E-state index is 12.1. The van der Waals surface area contributed by atoms with Gasteiger partial charge in [0.2, 0.25) is 0 Å².